The predicted octanol–water partition coefficient (Wildman–Crippen LogP) is 3.59. The summed E-state index contributed by atoms with van der Waals surface area (Å²) in [6.45, 7) is 6.99. The van der Waals surface area contributed by atoms with Crippen molar-refractivity contribution in [2.75, 3.05) is 6.54 Å². The molecule has 0 spiro atoms. The molecule has 0 aliphatic heterocycles. The fraction of sp³-hybridized carbons (Fsp3) is 0.643. The van der Waals surface area contributed by atoms with Crippen LogP contribution in [0, 0.1) is 0 Å². The lowest BCUT2D eigenvalue weighted by Gasteiger charge is -2.16. The first kappa shape index (κ1) is 14.0. The van der Waals surface area contributed by atoms with Gasteiger partial charge in [0, 0.05) is 12.4 Å². The van der Waals surface area contributed by atoms with E-state index in [1.54, 1.807) is 0 Å². The molecule has 1 heterocycles. The third-order valence-electron chi connectivity index (χ3n) is 2.89. The number of nitrogens with zero attached hydrogens (tertiary/aromatic N) is 1. The molecule has 1 unspecified atom stereocenters. The van der Waals surface area contributed by atoms with E-state index in [0.717, 1.165) is 31.6 Å². The number of H-pyrrole nitrogens is 1. The van der Waals surface area contributed by atoms with Crippen LogP contribution in [0.25, 0.3) is 0 Å². The number of rotatable bonds is 10. The second kappa shape index (κ2) is 8.99. The molecule has 0 fully saturated rings. The normalized spacial score (nSPS) is 12.5. The van der Waals surface area contributed by atoms with Crippen molar-refractivity contribution in [3.05, 3.63) is 30.9 Å². The smallest absolute Gasteiger partial charge is 0.123 e. The Hall–Kier alpha value is -1.09. The molecule has 0 amide bonds. The highest BCUT2D eigenvalue weighted by molar-refractivity contribution is 4.95. The van der Waals surface area contributed by atoms with Crippen LogP contribution in [0.15, 0.2) is 25.0 Å². The number of imidazole rings is 1. The molecule has 1 aromatic rings. The summed E-state index contributed by atoms with van der Waals surface area (Å²) in [5, 5.41) is 3.55. The second-order valence-corrected chi connectivity index (χ2v) is 4.41. The van der Waals surface area contributed by atoms with Crippen LogP contribution in [0.3, 0.4) is 0 Å². The second-order valence-electron chi connectivity index (χ2n) is 4.41. The number of nitrogens with one attached hydrogen (secondary N) is 2. The SMILES string of the molecule is C=CCCCCCC(NCCC)c1ncc[nH]1. The van der Waals surface area contributed by atoms with Gasteiger partial charge < -0.3 is 10.3 Å². The molecule has 96 valence electrons. The number of allylic oxidation sites excluding steroid dienone is 1. The zero-order chi connectivity index (χ0) is 12.3. The molecule has 0 aliphatic rings. The van der Waals surface area contributed by atoms with Crippen LogP contribution in [0.5, 0.6) is 0 Å². The summed E-state index contributed by atoms with van der Waals surface area (Å²) in [5.41, 5.74) is 0. The average molecular weight is 235 g/mol. The molecule has 1 atom stereocenters. The number of aromatic nitrogens is 2. The van der Waals surface area contributed by atoms with Gasteiger partial charge in [0.2, 0.25) is 0 Å². The average Bonchev–Trinajstić information content (AvgIpc) is 2.86. The summed E-state index contributed by atoms with van der Waals surface area (Å²) in [7, 11) is 0. The molecule has 0 saturated carbocycles. The Kier molecular flexibility index (Phi) is 7.39. The molecule has 3 nitrogen and oxygen atoms in total. The maximum atomic E-state index is 4.35. The number of unbranched alkanes of at least 4 members (excludes halogenated alkanes) is 3. The Bertz CT molecular complexity index is 280. The summed E-state index contributed by atoms with van der Waals surface area (Å²) in [6.07, 6.45) is 12.9. The molecule has 0 radical (unpaired) electrons. The Morgan fingerprint density at radius 3 is 3.00 bits per heavy atom. The summed E-state index contributed by atoms with van der Waals surface area (Å²) >= 11 is 0. The zero-order valence-corrected chi connectivity index (χ0v) is 10.9. The molecule has 1 aromatic heterocycles. The summed E-state index contributed by atoms with van der Waals surface area (Å²) < 4.78 is 0. The third-order valence-corrected chi connectivity index (χ3v) is 2.89. The molecular weight excluding hydrogens is 210 g/mol. The van der Waals surface area contributed by atoms with Crippen LogP contribution in [-0.2, 0) is 0 Å². The molecular formula is C14H25N3. The highest BCUT2D eigenvalue weighted by atomic mass is 15.0. The number of hydrogen-bond donors (Lipinski definition) is 2. The lowest BCUT2D eigenvalue weighted by molar-refractivity contribution is 0.456. The zero-order valence-electron chi connectivity index (χ0n) is 10.9. The maximum Gasteiger partial charge on any atom is 0.123 e. The van der Waals surface area contributed by atoms with Crippen LogP contribution < -0.4 is 5.32 Å². The molecule has 0 aromatic carbocycles. The van der Waals surface area contributed by atoms with Crippen LogP contribution in [0.4, 0.5) is 0 Å². The van der Waals surface area contributed by atoms with Gasteiger partial charge in [0.15, 0.2) is 0 Å². The molecule has 0 bridgehead atoms. The predicted molar refractivity (Wildman–Crippen MR) is 72.9 cm³/mol. The van der Waals surface area contributed by atoms with Crippen molar-refractivity contribution in [3.8, 4) is 0 Å². The minimum atomic E-state index is 0.383. The Balaban J connectivity index is 2.28. The van der Waals surface area contributed by atoms with E-state index in [4.69, 9.17) is 0 Å². The van der Waals surface area contributed by atoms with Crippen molar-refractivity contribution in [1.29, 1.82) is 0 Å². The topological polar surface area (TPSA) is 40.7 Å². The molecule has 0 aliphatic carbocycles. The van der Waals surface area contributed by atoms with Crippen LogP contribution in [0.2, 0.25) is 0 Å². The minimum Gasteiger partial charge on any atom is -0.347 e. The fourth-order valence-corrected chi connectivity index (χ4v) is 1.94. The van der Waals surface area contributed by atoms with Gasteiger partial charge in [-0.1, -0.05) is 25.8 Å². The first-order valence-corrected chi connectivity index (χ1v) is 6.72. The van der Waals surface area contributed by atoms with E-state index in [9.17, 15) is 0 Å². The van der Waals surface area contributed by atoms with Crippen molar-refractivity contribution in [3.63, 3.8) is 0 Å². The molecule has 17 heavy (non-hydrogen) atoms. The maximum absolute atomic E-state index is 4.35. The van der Waals surface area contributed by atoms with E-state index in [0.29, 0.717) is 6.04 Å². The van der Waals surface area contributed by atoms with Gasteiger partial charge in [-0.15, -0.1) is 6.58 Å². The van der Waals surface area contributed by atoms with Gasteiger partial charge in [0.05, 0.1) is 6.04 Å². The van der Waals surface area contributed by atoms with E-state index in [1.807, 2.05) is 18.5 Å². The van der Waals surface area contributed by atoms with Crippen LogP contribution >= 0.6 is 0 Å². The van der Waals surface area contributed by atoms with Gasteiger partial charge in [-0.25, -0.2) is 4.98 Å². The van der Waals surface area contributed by atoms with Gasteiger partial charge >= 0.3 is 0 Å². The lowest BCUT2D eigenvalue weighted by Crippen LogP contribution is -2.23. The fourth-order valence-electron chi connectivity index (χ4n) is 1.94. The molecule has 3 heteroatoms. The Morgan fingerprint density at radius 1 is 1.47 bits per heavy atom. The third kappa shape index (κ3) is 5.68. The summed E-state index contributed by atoms with van der Waals surface area (Å²) in [5.74, 6) is 1.07. The Labute approximate surface area is 105 Å². The number of hydrogen-bond acceptors (Lipinski definition) is 2. The van der Waals surface area contributed by atoms with E-state index < -0.39 is 0 Å². The largest absolute Gasteiger partial charge is 0.347 e. The van der Waals surface area contributed by atoms with Crippen molar-refractivity contribution in [2.24, 2.45) is 0 Å². The van der Waals surface area contributed by atoms with E-state index in [1.165, 1.54) is 19.3 Å². The van der Waals surface area contributed by atoms with Crippen molar-refractivity contribution in [2.45, 2.75) is 51.5 Å². The molecule has 1 rings (SSSR count). The first-order chi connectivity index (χ1) is 8.38. The Morgan fingerprint density at radius 2 is 2.35 bits per heavy atom. The van der Waals surface area contributed by atoms with Crippen LogP contribution in [-0.4, -0.2) is 16.5 Å². The van der Waals surface area contributed by atoms with Crippen molar-refractivity contribution >= 4 is 0 Å². The summed E-state index contributed by atoms with van der Waals surface area (Å²) in [4.78, 5) is 7.56. The van der Waals surface area contributed by atoms with E-state index >= 15 is 0 Å². The summed E-state index contributed by atoms with van der Waals surface area (Å²) in [6, 6.07) is 0.383. The standard InChI is InChI=1S/C14H25N3/c1-3-5-6-7-8-9-13(15-10-4-2)14-16-11-12-17-14/h3,11-13,15H,1,4-10H2,2H3,(H,16,17). The monoisotopic (exact) mass is 235 g/mol. The van der Waals surface area contributed by atoms with Crippen molar-refractivity contribution in [1.82, 2.24) is 15.3 Å². The van der Waals surface area contributed by atoms with Crippen LogP contribution in [0.1, 0.15) is 57.3 Å². The lowest BCUT2D eigenvalue weighted by atomic mass is 10.1. The quantitative estimate of drug-likeness (QED) is 0.480. The number of aromatic amines is 1. The highest BCUT2D eigenvalue weighted by Gasteiger charge is 2.11. The first-order valence-electron chi connectivity index (χ1n) is 6.72. The highest BCUT2D eigenvalue weighted by Crippen LogP contribution is 2.16. The molecule has 0 saturated heterocycles. The van der Waals surface area contributed by atoms with Gasteiger partial charge in [0.1, 0.15) is 5.82 Å². The molecule has 2 N–H and O–H groups in total. The van der Waals surface area contributed by atoms with Gasteiger partial charge in [-0.2, -0.15) is 0 Å². The minimum absolute atomic E-state index is 0.383. The van der Waals surface area contributed by atoms with E-state index in [-0.39, 0.29) is 0 Å². The van der Waals surface area contributed by atoms with Gasteiger partial charge in [-0.3, -0.25) is 0 Å². The van der Waals surface area contributed by atoms with Crippen molar-refractivity contribution < 1.29 is 0 Å². The van der Waals surface area contributed by atoms with Gasteiger partial charge in [0.25, 0.3) is 0 Å². The van der Waals surface area contributed by atoms with E-state index in [2.05, 4.69) is 28.8 Å². The van der Waals surface area contributed by atoms with Gasteiger partial charge in [-0.05, 0) is 32.2 Å².